The second kappa shape index (κ2) is 5.73. The van der Waals surface area contributed by atoms with Crippen molar-refractivity contribution in [1.82, 2.24) is 9.80 Å². The van der Waals surface area contributed by atoms with Crippen molar-refractivity contribution >= 4 is 29.5 Å². The van der Waals surface area contributed by atoms with Crippen LogP contribution in [0.5, 0.6) is 0 Å². The van der Waals surface area contributed by atoms with E-state index < -0.39 is 46.0 Å². The number of aliphatic hydroxyl groups excluding tert-OH is 1. The van der Waals surface area contributed by atoms with Gasteiger partial charge in [-0.3, -0.25) is 9.59 Å². The van der Waals surface area contributed by atoms with Gasteiger partial charge < -0.3 is 20.0 Å². The standard InChI is InChI=1S/C14H22N2O5S/c1-5-15(6-2)11(19)8(17)7-10(18)16-9(13(20)21)14(3,4)22-12(7)16/h7-9,12,17H,5-6H2,1-4H3,(H,20,21)/t7-,8+,9+,12-/m1/s1. The van der Waals surface area contributed by atoms with Gasteiger partial charge in [-0.05, 0) is 27.7 Å². The van der Waals surface area contributed by atoms with Crippen LogP contribution >= 0.6 is 11.8 Å². The molecule has 2 saturated heterocycles. The summed E-state index contributed by atoms with van der Waals surface area (Å²) in [6, 6.07) is -0.929. The van der Waals surface area contributed by atoms with E-state index in [1.54, 1.807) is 27.7 Å². The molecule has 2 rings (SSSR count). The third-order valence-electron chi connectivity index (χ3n) is 4.38. The zero-order valence-electron chi connectivity index (χ0n) is 13.1. The number of likely N-dealkylation sites (N-methyl/N-ethyl adjacent to an activating group) is 1. The molecule has 2 aliphatic heterocycles. The third-order valence-corrected chi connectivity index (χ3v) is 5.98. The van der Waals surface area contributed by atoms with Crippen LogP contribution in [0.4, 0.5) is 0 Å². The van der Waals surface area contributed by atoms with Gasteiger partial charge in [0.1, 0.15) is 18.1 Å². The van der Waals surface area contributed by atoms with Gasteiger partial charge in [-0.1, -0.05) is 0 Å². The maximum Gasteiger partial charge on any atom is 0.327 e. The van der Waals surface area contributed by atoms with Crippen LogP contribution in [0.1, 0.15) is 27.7 Å². The van der Waals surface area contributed by atoms with E-state index >= 15 is 0 Å². The molecule has 0 aromatic heterocycles. The van der Waals surface area contributed by atoms with E-state index in [2.05, 4.69) is 0 Å². The number of carboxylic acids is 1. The Balaban J connectivity index is 2.19. The molecule has 8 heteroatoms. The molecule has 0 radical (unpaired) electrons. The molecule has 0 aromatic rings. The zero-order chi connectivity index (χ0) is 16.8. The molecule has 2 N–H and O–H groups in total. The molecule has 22 heavy (non-hydrogen) atoms. The summed E-state index contributed by atoms with van der Waals surface area (Å²) in [5.74, 6) is -2.85. The Hall–Kier alpha value is -1.28. The van der Waals surface area contributed by atoms with Crippen LogP contribution in [0.25, 0.3) is 0 Å². The van der Waals surface area contributed by atoms with Crippen molar-refractivity contribution in [1.29, 1.82) is 0 Å². The van der Waals surface area contributed by atoms with Crippen molar-refractivity contribution in [2.45, 2.75) is 50.0 Å². The first-order valence-corrected chi connectivity index (χ1v) is 8.25. The number of carbonyl (C=O) groups is 3. The minimum Gasteiger partial charge on any atom is -0.480 e. The summed E-state index contributed by atoms with van der Waals surface area (Å²) < 4.78 is -0.654. The number of nitrogens with zero attached hydrogens (tertiary/aromatic N) is 2. The summed E-state index contributed by atoms with van der Waals surface area (Å²) in [6.45, 7) is 8.04. The van der Waals surface area contributed by atoms with E-state index in [0.29, 0.717) is 13.1 Å². The summed E-state index contributed by atoms with van der Waals surface area (Å²) in [5, 5.41) is 19.2. The van der Waals surface area contributed by atoms with Gasteiger partial charge in [-0.2, -0.15) is 0 Å². The summed E-state index contributed by atoms with van der Waals surface area (Å²) in [6.07, 6.45) is -1.41. The molecule has 0 saturated carbocycles. The Morgan fingerprint density at radius 3 is 2.36 bits per heavy atom. The molecule has 0 aliphatic carbocycles. The number of β-lactam (4-membered cyclic amide) rings is 1. The maximum atomic E-state index is 12.3. The number of rotatable bonds is 5. The van der Waals surface area contributed by atoms with Crippen molar-refractivity contribution in [3.8, 4) is 0 Å². The van der Waals surface area contributed by atoms with Crippen LogP contribution in [0.15, 0.2) is 0 Å². The first-order chi connectivity index (χ1) is 10.2. The number of hydrogen-bond donors (Lipinski definition) is 2. The quantitative estimate of drug-likeness (QED) is 0.688. The predicted molar refractivity (Wildman–Crippen MR) is 81.2 cm³/mol. The largest absolute Gasteiger partial charge is 0.480 e. The lowest BCUT2D eigenvalue weighted by Crippen LogP contribution is -2.67. The van der Waals surface area contributed by atoms with E-state index in [1.165, 1.54) is 21.6 Å². The van der Waals surface area contributed by atoms with Gasteiger partial charge in [-0.25, -0.2) is 4.79 Å². The Bertz CT molecular complexity index is 505. The van der Waals surface area contributed by atoms with Crippen LogP contribution in [0, 0.1) is 5.92 Å². The van der Waals surface area contributed by atoms with Crippen LogP contribution < -0.4 is 0 Å². The molecular weight excluding hydrogens is 308 g/mol. The monoisotopic (exact) mass is 330 g/mol. The van der Waals surface area contributed by atoms with Crippen molar-refractivity contribution in [3.63, 3.8) is 0 Å². The van der Waals surface area contributed by atoms with E-state index in [1.807, 2.05) is 0 Å². The average molecular weight is 330 g/mol. The van der Waals surface area contributed by atoms with Gasteiger partial charge in [0.2, 0.25) is 5.91 Å². The van der Waals surface area contributed by atoms with Gasteiger partial charge in [0.25, 0.3) is 5.91 Å². The number of carboxylic acid groups (broad SMARTS) is 1. The Kier molecular flexibility index (Phi) is 4.45. The van der Waals surface area contributed by atoms with Gasteiger partial charge >= 0.3 is 5.97 Å². The lowest BCUT2D eigenvalue weighted by atomic mass is 9.87. The van der Waals surface area contributed by atoms with E-state index in [-0.39, 0.29) is 0 Å². The molecule has 2 amide bonds. The van der Waals surface area contributed by atoms with Gasteiger partial charge in [0.05, 0.1) is 5.37 Å². The van der Waals surface area contributed by atoms with Crippen molar-refractivity contribution in [2.75, 3.05) is 13.1 Å². The molecule has 0 aromatic carbocycles. The Morgan fingerprint density at radius 2 is 1.91 bits per heavy atom. The molecule has 2 heterocycles. The fourth-order valence-corrected chi connectivity index (χ4v) is 4.93. The second-order valence-electron chi connectivity index (χ2n) is 6.08. The molecule has 0 unspecified atom stereocenters. The van der Waals surface area contributed by atoms with E-state index in [9.17, 15) is 24.6 Å². The highest BCUT2D eigenvalue weighted by molar-refractivity contribution is 8.01. The van der Waals surface area contributed by atoms with Gasteiger partial charge in [0.15, 0.2) is 0 Å². The highest BCUT2D eigenvalue weighted by atomic mass is 32.2. The van der Waals surface area contributed by atoms with E-state index in [0.717, 1.165) is 0 Å². The maximum absolute atomic E-state index is 12.3. The molecule has 2 fully saturated rings. The summed E-state index contributed by atoms with van der Waals surface area (Å²) in [5.41, 5.74) is 0. The van der Waals surface area contributed by atoms with Gasteiger partial charge in [0, 0.05) is 17.8 Å². The highest BCUT2D eigenvalue weighted by Crippen LogP contribution is 2.54. The minimum atomic E-state index is -1.41. The molecule has 4 atom stereocenters. The number of fused-ring (bicyclic) bond motifs is 1. The molecule has 0 spiro atoms. The molecular formula is C14H22N2O5S. The first kappa shape index (κ1) is 17.1. The average Bonchev–Trinajstić information content (AvgIpc) is 2.68. The fourth-order valence-electron chi connectivity index (χ4n) is 3.21. The Labute approximate surface area is 133 Å². The van der Waals surface area contributed by atoms with E-state index in [4.69, 9.17) is 0 Å². The summed E-state index contributed by atoms with van der Waals surface area (Å²) in [4.78, 5) is 38.7. The SMILES string of the molecule is CCN(CC)C(=O)[C@@H](O)[C@@H]1C(=O)N2[C@@H]1SC(C)(C)[C@@H]2C(=O)O. The van der Waals surface area contributed by atoms with Crippen LogP contribution in [0.2, 0.25) is 0 Å². The van der Waals surface area contributed by atoms with Crippen molar-refractivity contribution in [3.05, 3.63) is 0 Å². The van der Waals surface area contributed by atoms with Crippen LogP contribution in [0.3, 0.4) is 0 Å². The fraction of sp³-hybridized carbons (Fsp3) is 0.786. The van der Waals surface area contributed by atoms with Crippen LogP contribution in [-0.2, 0) is 14.4 Å². The number of hydrogen-bond acceptors (Lipinski definition) is 5. The number of aliphatic hydroxyl groups is 1. The summed E-state index contributed by atoms with van der Waals surface area (Å²) >= 11 is 1.33. The molecule has 0 bridgehead atoms. The molecule has 2 aliphatic rings. The van der Waals surface area contributed by atoms with Gasteiger partial charge in [-0.15, -0.1) is 11.8 Å². The normalized spacial score (nSPS) is 30.5. The first-order valence-electron chi connectivity index (χ1n) is 7.37. The predicted octanol–water partition coefficient (Wildman–Crippen LogP) is -0.0212. The number of carbonyl (C=O) groups excluding carboxylic acids is 2. The number of amides is 2. The molecule has 124 valence electrons. The van der Waals surface area contributed by atoms with Crippen molar-refractivity contribution in [2.24, 2.45) is 5.92 Å². The highest BCUT2D eigenvalue weighted by Gasteiger charge is 2.66. The van der Waals surface area contributed by atoms with Crippen LogP contribution in [-0.4, -0.2) is 73.2 Å². The van der Waals surface area contributed by atoms with Crippen molar-refractivity contribution < 1.29 is 24.6 Å². The Morgan fingerprint density at radius 1 is 1.36 bits per heavy atom. The number of aliphatic carboxylic acids is 1. The topological polar surface area (TPSA) is 98.2 Å². The lowest BCUT2D eigenvalue weighted by molar-refractivity contribution is -0.173. The number of thioether (sulfide) groups is 1. The third kappa shape index (κ3) is 2.38. The summed E-state index contributed by atoms with van der Waals surface area (Å²) in [7, 11) is 0. The second-order valence-corrected chi connectivity index (χ2v) is 7.85. The minimum absolute atomic E-state index is 0.455. The zero-order valence-corrected chi connectivity index (χ0v) is 14.0. The smallest absolute Gasteiger partial charge is 0.327 e. The molecule has 7 nitrogen and oxygen atoms in total. The lowest BCUT2D eigenvalue weighted by Gasteiger charge is -2.45.